The van der Waals surface area contributed by atoms with Crippen molar-refractivity contribution in [1.82, 2.24) is 0 Å². The van der Waals surface area contributed by atoms with Gasteiger partial charge in [-0.2, -0.15) is 13.2 Å². The Morgan fingerprint density at radius 1 is 1.00 bits per heavy atom. The zero-order chi connectivity index (χ0) is 23.8. The van der Waals surface area contributed by atoms with Gasteiger partial charge >= 0.3 is 12.1 Å². The van der Waals surface area contributed by atoms with Crippen LogP contribution in [0.1, 0.15) is 27.0 Å². The Balaban J connectivity index is 1.69. The van der Waals surface area contributed by atoms with Crippen molar-refractivity contribution in [3.8, 4) is 0 Å². The second-order valence-electron chi connectivity index (χ2n) is 7.48. The molecule has 0 saturated carbocycles. The second kappa shape index (κ2) is 8.90. The van der Waals surface area contributed by atoms with Crippen molar-refractivity contribution in [1.29, 1.82) is 0 Å². The third-order valence-electron chi connectivity index (χ3n) is 5.30. The predicted octanol–water partition coefficient (Wildman–Crippen LogP) is 5.79. The quantitative estimate of drug-likeness (QED) is 0.475. The predicted molar refractivity (Wildman–Crippen MR) is 116 cm³/mol. The molecule has 1 aliphatic heterocycles. The van der Waals surface area contributed by atoms with Crippen LogP contribution in [0.15, 0.2) is 71.6 Å². The van der Waals surface area contributed by atoms with Crippen molar-refractivity contribution < 1.29 is 32.3 Å². The highest BCUT2D eigenvalue weighted by Crippen LogP contribution is 2.43. The highest BCUT2D eigenvalue weighted by molar-refractivity contribution is 8.01. The number of carbonyl (C=O) groups is 2. The van der Waals surface area contributed by atoms with E-state index in [1.165, 1.54) is 42.5 Å². The number of amides is 1. The normalized spacial score (nSPS) is 15.9. The highest BCUT2D eigenvalue weighted by atomic mass is 32.2. The van der Waals surface area contributed by atoms with E-state index in [9.17, 15) is 27.2 Å². The number of nitrogens with zero attached hydrogens (tertiary/aromatic N) is 1. The first-order valence-corrected chi connectivity index (χ1v) is 10.8. The molecule has 4 nitrogen and oxygen atoms in total. The molecule has 0 fully saturated rings. The number of thioether (sulfide) groups is 1. The molecule has 1 aliphatic rings. The van der Waals surface area contributed by atoms with E-state index in [2.05, 4.69) is 0 Å². The Hall–Kier alpha value is -3.33. The zero-order valence-electron chi connectivity index (χ0n) is 17.0. The van der Waals surface area contributed by atoms with Crippen molar-refractivity contribution in [3.05, 3.63) is 94.8 Å². The summed E-state index contributed by atoms with van der Waals surface area (Å²) < 4.78 is 55.2. The molecule has 0 aliphatic carbocycles. The van der Waals surface area contributed by atoms with E-state index < -0.39 is 41.2 Å². The smallest absolute Gasteiger partial charge is 0.416 e. The van der Waals surface area contributed by atoms with Gasteiger partial charge < -0.3 is 10.0 Å². The van der Waals surface area contributed by atoms with Gasteiger partial charge in [0.1, 0.15) is 5.82 Å². The number of halogens is 4. The van der Waals surface area contributed by atoms with Gasteiger partial charge in [0.05, 0.1) is 28.6 Å². The summed E-state index contributed by atoms with van der Waals surface area (Å²) in [4.78, 5) is 25.9. The number of aromatic carboxylic acids is 1. The Labute approximate surface area is 190 Å². The third kappa shape index (κ3) is 4.73. The monoisotopic (exact) mass is 475 g/mol. The van der Waals surface area contributed by atoms with Crippen molar-refractivity contribution in [2.24, 2.45) is 0 Å². The summed E-state index contributed by atoms with van der Waals surface area (Å²) in [5, 5.41) is 8.33. The van der Waals surface area contributed by atoms with Gasteiger partial charge in [0.2, 0.25) is 5.91 Å². The number of hydrogen-bond acceptors (Lipinski definition) is 3. The largest absolute Gasteiger partial charge is 0.478 e. The topological polar surface area (TPSA) is 57.6 Å². The average molecular weight is 475 g/mol. The molecule has 0 bridgehead atoms. The molecular formula is C24H17F4NO3S. The van der Waals surface area contributed by atoms with E-state index in [0.717, 1.165) is 22.7 Å². The van der Waals surface area contributed by atoms with Gasteiger partial charge in [-0.15, -0.1) is 11.8 Å². The molecular weight excluding hydrogens is 458 g/mol. The standard InChI is InChI=1S/C24H17F4NO3S/c25-18-6-3-7-19-21(18)29(13-16-4-1-2-5-17(16)24(26,27)28)22(30)20(33-19)12-14-8-10-15(11-9-14)23(31)32/h1-11,20H,12-13H2,(H,31,32)/t20-/m1/s1. The van der Waals surface area contributed by atoms with Crippen LogP contribution in [0.25, 0.3) is 0 Å². The summed E-state index contributed by atoms with van der Waals surface area (Å²) in [5.41, 5.74) is -0.277. The molecule has 1 amide bonds. The molecule has 33 heavy (non-hydrogen) atoms. The number of carboxylic acids is 1. The van der Waals surface area contributed by atoms with E-state index in [1.54, 1.807) is 18.2 Å². The Morgan fingerprint density at radius 3 is 2.36 bits per heavy atom. The van der Waals surface area contributed by atoms with Crippen molar-refractivity contribution in [3.63, 3.8) is 0 Å². The summed E-state index contributed by atoms with van der Waals surface area (Å²) >= 11 is 1.14. The average Bonchev–Trinajstić information content (AvgIpc) is 2.76. The lowest BCUT2D eigenvalue weighted by Crippen LogP contribution is -2.42. The van der Waals surface area contributed by atoms with Gasteiger partial charge in [-0.05, 0) is 47.9 Å². The van der Waals surface area contributed by atoms with Crippen LogP contribution in [0.5, 0.6) is 0 Å². The SMILES string of the molecule is O=C(O)c1ccc(C[C@H]2Sc3cccc(F)c3N(Cc3ccccc3C(F)(F)F)C2=O)cc1. The molecule has 9 heteroatoms. The number of anilines is 1. The highest BCUT2D eigenvalue weighted by Gasteiger charge is 2.38. The fourth-order valence-corrected chi connectivity index (χ4v) is 5.02. The summed E-state index contributed by atoms with van der Waals surface area (Å²) in [6, 6.07) is 15.2. The van der Waals surface area contributed by atoms with Crippen LogP contribution in [0, 0.1) is 5.82 Å². The maximum Gasteiger partial charge on any atom is 0.416 e. The number of hydrogen-bond donors (Lipinski definition) is 1. The van der Waals surface area contributed by atoms with Gasteiger partial charge in [0, 0.05) is 4.90 Å². The maximum atomic E-state index is 14.7. The first-order valence-electron chi connectivity index (χ1n) is 9.89. The third-order valence-corrected chi connectivity index (χ3v) is 6.54. The fourth-order valence-electron chi connectivity index (χ4n) is 3.73. The number of benzene rings is 3. The van der Waals surface area contributed by atoms with Crippen LogP contribution in [0.2, 0.25) is 0 Å². The Kier molecular flexibility index (Phi) is 6.16. The minimum Gasteiger partial charge on any atom is -0.478 e. The minimum atomic E-state index is -4.62. The Morgan fingerprint density at radius 2 is 1.70 bits per heavy atom. The van der Waals surface area contributed by atoms with Gasteiger partial charge in [-0.25, -0.2) is 9.18 Å². The molecule has 1 heterocycles. The van der Waals surface area contributed by atoms with E-state index in [1.807, 2.05) is 0 Å². The zero-order valence-corrected chi connectivity index (χ0v) is 17.8. The molecule has 0 unspecified atom stereocenters. The molecule has 170 valence electrons. The van der Waals surface area contributed by atoms with Crippen LogP contribution in [-0.4, -0.2) is 22.2 Å². The molecule has 1 atom stereocenters. The van der Waals surface area contributed by atoms with Crippen molar-refractivity contribution >= 4 is 29.3 Å². The van der Waals surface area contributed by atoms with Crippen LogP contribution >= 0.6 is 11.8 Å². The number of alkyl halides is 3. The van der Waals surface area contributed by atoms with Crippen LogP contribution in [0.4, 0.5) is 23.2 Å². The van der Waals surface area contributed by atoms with Gasteiger partial charge in [-0.3, -0.25) is 4.79 Å². The molecule has 0 aromatic heterocycles. The molecule has 1 N–H and O–H groups in total. The minimum absolute atomic E-state index is 0.0399. The number of fused-ring (bicyclic) bond motifs is 1. The van der Waals surface area contributed by atoms with E-state index >= 15 is 0 Å². The van der Waals surface area contributed by atoms with E-state index in [0.29, 0.717) is 10.5 Å². The molecule has 0 saturated heterocycles. The summed E-state index contributed by atoms with van der Waals surface area (Å²) in [7, 11) is 0. The molecule has 4 rings (SSSR count). The van der Waals surface area contributed by atoms with E-state index in [-0.39, 0.29) is 23.2 Å². The Bertz CT molecular complexity index is 1210. The number of carboxylic acid groups (broad SMARTS) is 1. The van der Waals surface area contributed by atoms with Crippen LogP contribution < -0.4 is 4.90 Å². The van der Waals surface area contributed by atoms with Gasteiger partial charge in [-0.1, -0.05) is 36.4 Å². The second-order valence-corrected chi connectivity index (χ2v) is 8.72. The first-order chi connectivity index (χ1) is 15.6. The van der Waals surface area contributed by atoms with Crippen molar-refractivity contribution in [2.75, 3.05) is 4.90 Å². The first kappa shape index (κ1) is 22.8. The number of rotatable bonds is 5. The lowest BCUT2D eigenvalue weighted by molar-refractivity contribution is -0.138. The summed E-state index contributed by atoms with van der Waals surface area (Å²) in [5.74, 6) is -2.29. The lowest BCUT2D eigenvalue weighted by atomic mass is 10.0. The van der Waals surface area contributed by atoms with Crippen LogP contribution in [-0.2, 0) is 23.9 Å². The van der Waals surface area contributed by atoms with Gasteiger partial charge in [0.25, 0.3) is 0 Å². The maximum absolute atomic E-state index is 14.7. The molecule has 3 aromatic rings. The number of carbonyl (C=O) groups excluding carboxylic acids is 1. The number of para-hydroxylation sites is 1. The lowest BCUT2D eigenvalue weighted by Gasteiger charge is -2.34. The summed E-state index contributed by atoms with van der Waals surface area (Å²) in [6.45, 7) is -0.433. The fraction of sp³-hybridized carbons (Fsp3) is 0.167. The molecule has 0 spiro atoms. The molecule has 3 aromatic carbocycles. The van der Waals surface area contributed by atoms with Crippen LogP contribution in [0.3, 0.4) is 0 Å². The van der Waals surface area contributed by atoms with Gasteiger partial charge in [0.15, 0.2) is 0 Å². The van der Waals surface area contributed by atoms with Crippen molar-refractivity contribution in [2.45, 2.75) is 29.3 Å². The molecule has 0 radical (unpaired) electrons. The summed E-state index contributed by atoms with van der Waals surface area (Å²) in [6.07, 6.45) is -4.41. The van der Waals surface area contributed by atoms with E-state index in [4.69, 9.17) is 5.11 Å².